The number of aryl methyl sites for hydroxylation is 1. The van der Waals surface area contributed by atoms with Crippen molar-refractivity contribution in [3.05, 3.63) is 35.4 Å². The van der Waals surface area contributed by atoms with Crippen LogP contribution in [0.15, 0.2) is 24.3 Å². The molecule has 0 amide bonds. The average Bonchev–Trinajstić information content (AvgIpc) is 2.27. The van der Waals surface area contributed by atoms with Crippen molar-refractivity contribution in [3.8, 4) is 0 Å². The normalized spacial score (nSPS) is 22.1. The first-order valence-electron chi connectivity index (χ1n) is 6.57. The zero-order chi connectivity index (χ0) is 13.2. The molecule has 1 atom stereocenters. The minimum Gasteiger partial charge on any atom is -0.389 e. The third-order valence-electron chi connectivity index (χ3n) is 3.30. The standard InChI is InChI=1S/C15H23NO2/c1-12-6-4-5-7-13(12)14-10-16(8-9-18-14)11-15(2,3)17/h4-7,14,17H,8-11H2,1-3H3. The molecule has 100 valence electrons. The van der Waals surface area contributed by atoms with Crippen molar-refractivity contribution in [2.45, 2.75) is 32.5 Å². The van der Waals surface area contributed by atoms with Gasteiger partial charge in [0.05, 0.1) is 18.3 Å². The Balaban J connectivity index is 2.05. The molecule has 3 nitrogen and oxygen atoms in total. The molecule has 0 bridgehead atoms. The number of rotatable bonds is 3. The van der Waals surface area contributed by atoms with Crippen LogP contribution in [0.5, 0.6) is 0 Å². The zero-order valence-corrected chi connectivity index (χ0v) is 11.5. The van der Waals surface area contributed by atoms with E-state index in [1.54, 1.807) is 0 Å². The lowest BCUT2D eigenvalue weighted by atomic mass is 10.0. The maximum atomic E-state index is 9.90. The number of ether oxygens (including phenoxy) is 1. The molecule has 0 aromatic heterocycles. The Bertz CT molecular complexity index is 398. The van der Waals surface area contributed by atoms with Gasteiger partial charge in [-0.2, -0.15) is 0 Å². The highest BCUT2D eigenvalue weighted by Crippen LogP contribution is 2.25. The minimum absolute atomic E-state index is 0.127. The third kappa shape index (κ3) is 3.55. The lowest BCUT2D eigenvalue weighted by molar-refractivity contribution is -0.0565. The number of nitrogens with zero attached hydrogens (tertiary/aromatic N) is 1. The number of aliphatic hydroxyl groups is 1. The lowest BCUT2D eigenvalue weighted by Crippen LogP contribution is -2.45. The quantitative estimate of drug-likeness (QED) is 0.891. The summed E-state index contributed by atoms with van der Waals surface area (Å²) in [5.74, 6) is 0. The van der Waals surface area contributed by atoms with Gasteiger partial charge in [0.1, 0.15) is 0 Å². The van der Waals surface area contributed by atoms with Gasteiger partial charge in [0, 0.05) is 19.6 Å². The van der Waals surface area contributed by atoms with Crippen LogP contribution in [-0.2, 0) is 4.74 Å². The van der Waals surface area contributed by atoms with Crippen LogP contribution in [0.1, 0.15) is 31.1 Å². The van der Waals surface area contributed by atoms with Crippen LogP contribution >= 0.6 is 0 Å². The van der Waals surface area contributed by atoms with E-state index in [4.69, 9.17) is 4.74 Å². The molecular weight excluding hydrogens is 226 g/mol. The summed E-state index contributed by atoms with van der Waals surface area (Å²) < 4.78 is 5.87. The molecule has 1 N–H and O–H groups in total. The van der Waals surface area contributed by atoms with Crippen LogP contribution in [0.4, 0.5) is 0 Å². The summed E-state index contributed by atoms with van der Waals surface area (Å²) in [7, 11) is 0. The lowest BCUT2D eigenvalue weighted by Gasteiger charge is -2.36. The van der Waals surface area contributed by atoms with E-state index in [1.165, 1.54) is 11.1 Å². The highest BCUT2D eigenvalue weighted by Gasteiger charge is 2.26. The van der Waals surface area contributed by atoms with Crippen molar-refractivity contribution in [2.24, 2.45) is 0 Å². The maximum Gasteiger partial charge on any atom is 0.0954 e. The van der Waals surface area contributed by atoms with Crippen LogP contribution in [0, 0.1) is 6.92 Å². The molecule has 1 unspecified atom stereocenters. The second-order valence-corrected chi connectivity index (χ2v) is 5.76. The van der Waals surface area contributed by atoms with Crippen LogP contribution in [0.3, 0.4) is 0 Å². The first-order valence-corrected chi connectivity index (χ1v) is 6.57. The van der Waals surface area contributed by atoms with Crippen molar-refractivity contribution >= 4 is 0 Å². The van der Waals surface area contributed by atoms with Gasteiger partial charge in [-0.3, -0.25) is 4.90 Å². The molecule has 0 spiro atoms. The second kappa shape index (κ2) is 5.39. The molecule has 1 aliphatic rings. The fraction of sp³-hybridized carbons (Fsp3) is 0.600. The Labute approximate surface area is 109 Å². The molecule has 1 heterocycles. The third-order valence-corrected chi connectivity index (χ3v) is 3.30. The molecule has 1 aromatic carbocycles. The largest absolute Gasteiger partial charge is 0.389 e. The molecule has 2 rings (SSSR count). The van der Waals surface area contributed by atoms with Gasteiger partial charge in [-0.05, 0) is 31.9 Å². The Hall–Kier alpha value is -0.900. The van der Waals surface area contributed by atoms with Crippen LogP contribution in [-0.4, -0.2) is 41.8 Å². The molecule has 1 aliphatic heterocycles. The first-order chi connectivity index (χ1) is 8.46. The van der Waals surface area contributed by atoms with E-state index in [0.717, 1.165) is 19.7 Å². The van der Waals surface area contributed by atoms with Gasteiger partial charge in [0.15, 0.2) is 0 Å². The number of benzene rings is 1. The molecule has 0 radical (unpaired) electrons. The fourth-order valence-corrected chi connectivity index (χ4v) is 2.53. The summed E-state index contributed by atoms with van der Waals surface area (Å²) in [5.41, 5.74) is 1.89. The van der Waals surface area contributed by atoms with Crippen LogP contribution in [0.2, 0.25) is 0 Å². The van der Waals surface area contributed by atoms with Crippen molar-refractivity contribution in [3.63, 3.8) is 0 Å². The van der Waals surface area contributed by atoms with Crippen molar-refractivity contribution in [1.82, 2.24) is 4.90 Å². The Morgan fingerprint density at radius 3 is 2.78 bits per heavy atom. The minimum atomic E-state index is -0.645. The van der Waals surface area contributed by atoms with Crippen LogP contribution in [0.25, 0.3) is 0 Å². The summed E-state index contributed by atoms with van der Waals surface area (Å²) in [6.45, 7) is 9.00. The van der Waals surface area contributed by atoms with Crippen LogP contribution < -0.4 is 0 Å². The maximum absolute atomic E-state index is 9.90. The highest BCUT2D eigenvalue weighted by molar-refractivity contribution is 5.28. The fourth-order valence-electron chi connectivity index (χ4n) is 2.53. The molecule has 3 heteroatoms. The van der Waals surface area contributed by atoms with E-state index in [0.29, 0.717) is 6.54 Å². The second-order valence-electron chi connectivity index (χ2n) is 5.76. The van der Waals surface area contributed by atoms with Gasteiger partial charge >= 0.3 is 0 Å². The molecule has 1 saturated heterocycles. The smallest absolute Gasteiger partial charge is 0.0954 e. The van der Waals surface area contributed by atoms with E-state index in [9.17, 15) is 5.11 Å². The Kier molecular flexibility index (Phi) is 4.05. The summed E-state index contributed by atoms with van der Waals surface area (Å²) in [6.07, 6.45) is 0.127. The van der Waals surface area contributed by atoms with E-state index in [1.807, 2.05) is 13.8 Å². The van der Waals surface area contributed by atoms with E-state index < -0.39 is 5.60 Å². The van der Waals surface area contributed by atoms with E-state index >= 15 is 0 Å². The van der Waals surface area contributed by atoms with Gasteiger partial charge in [-0.1, -0.05) is 24.3 Å². The summed E-state index contributed by atoms with van der Waals surface area (Å²) >= 11 is 0. The number of β-amino-alcohol motifs (C(OH)–C–C–N with tert-alkyl or cyclic N) is 1. The van der Waals surface area contributed by atoms with Gasteiger partial charge in [-0.25, -0.2) is 0 Å². The van der Waals surface area contributed by atoms with Crippen molar-refractivity contribution in [1.29, 1.82) is 0 Å². The highest BCUT2D eigenvalue weighted by atomic mass is 16.5. The van der Waals surface area contributed by atoms with Gasteiger partial charge < -0.3 is 9.84 Å². The number of morpholine rings is 1. The molecular formula is C15H23NO2. The topological polar surface area (TPSA) is 32.7 Å². The molecule has 1 fully saturated rings. The van der Waals surface area contributed by atoms with Crippen molar-refractivity contribution < 1.29 is 9.84 Å². The summed E-state index contributed by atoms with van der Waals surface area (Å²) in [4.78, 5) is 2.28. The Morgan fingerprint density at radius 2 is 2.11 bits per heavy atom. The van der Waals surface area contributed by atoms with Gasteiger partial charge in [-0.15, -0.1) is 0 Å². The number of hydrogen-bond donors (Lipinski definition) is 1. The predicted octanol–water partition coefficient (Wildman–Crippen LogP) is 2.14. The zero-order valence-electron chi connectivity index (χ0n) is 11.5. The Morgan fingerprint density at radius 1 is 1.39 bits per heavy atom. The number of hydrogen-bond acceptors (Lipinski definition) is 3. The molecule has 18 heavy (non-hydrogen) atoms. The van der Waals surface area contributed by atoms with E-state index in [-0.39, 0.29) is 6.10 Å². The average molecular weight is 249 g/mol. The summed E-state index contributed by atoms with van der Waals surface area (Å²) in [6, 6.07) is 8.36. The first kappa shape index (κ1) is 13.5. The molecule has 0 aliphatic carbocycles. The predicted molar refractivity (Wildman–Crippen MR) is 72.6 cm³/mol. The monoisotopic (exact) mass is 249 g/mol. The SMILES string of the molecule is Cc1ccccc1C1CN(CC(C)(C)O)CCO1. The van der Waals surface area contributed by atoms with Crippen molar-refractivity contribution in [2.75, 3.05) is 26.2 Å². The van der Waals surface area contributed by atoms with Gasteiger partial charge in [0.25, 0.3) is 0 Å². The van der Waals surface area contributed by atoms with Gasteiger partial charge in [0.2, 0.25) is 0 Å². The molecule has 0 saturated carbocycles. The molecule has 1 aromatic rings. The van der Waals surface area contributed by atoms with E-state index in [2.05, 4.69) is 36.1 Å². The summed E-state index contributed by atoms with van der Waals surface area (Å²) in [5, 5.41) is 9.90.